The summed E-state index contributed by atoms with van der Waals surface area (Å²) in [5.74, 6) is -0.658. The number of carbonyl (C=O) groups excluding carboxylic acids is 1. The number of esters is 1. The lowest BCUT2D eigenvalue weighted by molar-refractivity contribution is 0.0596. The molecule has 1 aliphatic rings. The molecule has 20 heavy (non-hydrogen) atoms. The van der Waals surface area contributed by atoms with Gasteiger partial charge in [0.15, 0.2) is 0 Å². The number of hydrogen-bond donors (Lipinski definition) is 1. The Labute approximate surface area is 118 Å². The van der Waals surface area contributed by atoms with Crippen LogP contribution >= 0.6 is 0 Å². The minimum Gasteiger partial charge on any atom is -0.465 e. The van der Waals surface area contributed by atoms with Crippen molar-refractivity contribution >= 4 is 16.0 Å². The van der Waals surface area contributed by atoms with Crippen LogP contribution in [0.15, 0.2) is 29.2 Å². The van der Waals surface area contributed by atoms with Crippen molar-refractivity contribution in [2.45, 2.75) is 17.4 Å². The Morgan fingerprint density at radius 3 is 2.70 bits per heavy atom. The number of ether oxygens (including phenoxy) is 1. The van der Waals surface area contributed by atoms with Gasteiger partial charge in [0.1, 0.15) is 0 Å². The van der Waals surface area contributed by atoms with E-state index in [2.05, 4.69) is 14.4 Å². The van der Waals surface area contributed by atoms with Crippen LogP contribution in [-0.4, -0.2) is 52.6 Å². The number of rotatable bonds is 4. The minimum absolute atomic E-state index is 0.0404. The number of methoxy groups -OCH3 is 1. The molecule has 1 aromatic carbocycles. The number of likely N-dealkylation sites (N-methyl/N-ethyl adjacent to an activating group) is 1. The third-order valence-corrected chi connectivity index (χ3v) is 4.87. The molecule has 1 aromatic rings. The highest BCUT2D eigenvalue weighted by molar-refractivity contribution is 7.89. The predicted octanol–water partition coefficient (Wildman–Crippen LogP) is 0.456. The maximum Gasteiger partial charge on any atom is 0.339 e. The van der Waals surface area contributed by atoms with E-state index in [1.165, 1.54) is 19.2 Å². The summed E-state index contributed by atoms with van der Waals surface area (Å²) in [4.78, 5) is 13.7. The number of benzene rings is 1. The second kappa shape index (κ2) is 5.90. The summed E-state index contributed by atoms with van der Waals surface area (Å²) in [7, 11) is -0.562. The first-order chi connectivity index (χ1) is 9.44. The van der Waals surface area contributed by atoms with Crippen molar-refractivity contribution in [1.82, 2.24) is 9.62 Å². The van der Waals surface area contributed by atoms with Crippen molar-refractivity contribution in [2.75, 3.05) is 27.2 Å². The molecule has 0 aliphatic carbocycles. The third kappa shape index (κ3) is 3.17. The van der Waals surface area contributed by atoms with Crippen LogP contribution < -0.4 is 4.72 Å². The Hall–Kier alpha value is -1.44. The van der Waals surface area contributed by atoms with E-state index in [4.69, 9.17) is 0 Å². The average molecular weight is 298 g/mol. The molecule has 2 rings (SSSR count). The molecule has 1 fully saturated rings. The monoisotopic (exact) mass is 298 g/mol. The summed E-state index contributed by atoms with van der Waals surface area (Å²) in [6.45, 7) is 1.52. The molecule has 0 bridgehead atoms. The fraction of sp³-hybridized carbons (Fsp3) is 0.462. The zero-order valence-electron chi connectivity index (χ0n) is 11.5. The summed E-state index contributed by atoms with van der Waals surface area (Å²) in [6, 6.07) is 5.92. The van der Waals surface area contributed by atoms with Gasteiger partial charge < -0.3 is 9.64 Å². The van der Waals surface area contributed by atoms with Gasteiger partial charge in [0.25, 0.3) is 0 Å². The van der Waals surface area contributed by atoms with Crippen molar-refractivity contribution in [2.24, 2.45) is 0 Å². The first-order valence-electron chi connectivity index (χ1n) is 6.32. The van der Waals surface area contributed by atoms with Gasteiger partial charge in [-0.2, -0.15) is 0 Å². The lowest BCUT2D eigenvalue weighted by Gasteiger charge is -2.15. The van der Waals surface area contributed by atoms with E-state index >= 15 is 0 Å². The first kappa shape index (κ1) is 15.0. The molecule has 1 heterocycles. The number of carbonyl (C=O) groups is 1. The topological polar surface area (TPSA) is 75.7 Å². The molecule has 0 saturated carbocycles. The van der Waals surface area contributed by atoms with E-state index in [1.807, 2.05) is 7.05 Å². The van der Waals surface area contributed by atoms with Gasteiger partial charge in [0, 0.05) is 12.6 Å². The SMILES string of the molecule is COC(=O)c1ccccc1S(=O)(=O)NC1CCN(C)C1. The summed E-state index contributed by atoms with van der Waals surface area (Å²) in [5.41, 5.74) is 0.0499. The Bertz CT molecular complexity index is 600. The number of hydrogen-bond acceptors (Lipinski definition) is 5. The first-order valence-corrected chi connectivity index (χ1v) is 7.80. The summed E-state index contributed by atoms with van der Waals surface area (Å²) >= 11 is 0. The van der Waals surface area contributed by atoms with Crippen LogP contribution in [0, 0.1) is 0 Å². The number of sulfonamides is 1. The van der Waals surface area contributed by atoms with Gasteiger partial charge in [-0.3, -0.25) is 0 Å². The smallest absolute Gasteiger partial charge is 0.339 e. The molecule has 6 nitrogen and oxygen atoms in total. The molecular formula is C13H18N2O4S. The number of nitrogens with one attached hydrogen (secondary N) is 1. The van der Waals surface area contributed by atoms with E-state index in [0.29, 0.717) is 6.54 Å². The van der Waals surface area contributed by atoms with Gasteiger partial charge >= 0.3 is 5.97 Å². The van der Waals surface area contributed by atoms with Gasteiger partial charge in [-0.1, -0.05) is 12.1 Å². The summed E-state index contributed by atoms with van der Waals surface area (Å²) < 4.78 is 32.1. The van der Waals surface area contributed by atoms with E-state index in [9.17, 15) is 13.2 Å². The largest absolute Gasteiger partial charge is 0.465 e. The zero-order chi connectivity index (χ0) is 14.8. The van der Waals surface area contributed by atoms with Crippen LogP contribution in [0.4, 0.5) is 0 Å². The van der Waals surface area contributed by atoms with Gasteiger partial charge in [0.2, 0.25) is 10.0 Å². The second-order valence-electron chi connectivity index (χ2n) is 4.86. The lowest BCUT2D eigenvalue weighted by Crippen LogP contribution is -2.37. The van der Waals surface area contributed by atoms with Crippen LogP contribution in [0.3, 0.4) is 0 Å². The summed E-state index contributed by atoms with van der Waals surface area (Å²) in [5, 5.41) is 0. The average Bonchev–Trinajstić information content (AvgIpc) is 2.82. The maximum absolute atomic E-state index is 12.4. The molecule has 1 atom stereocenters. The highest BCUT2D eigenvalue weighted by Crippen LogP contribution is 2.18. The van der Waals surface area contributed by atoms with E-state index in [0.717, 1.165) is 13.0 Å². The Balaban J connectivity index is 2.28. The van der Waals surface area contributed by atoms with Crippen molar-refractivity contribution < 1.29 is 17.9 Å². The molecule has 110 valence electrons. The van der Waals surface area contributed by atoms with Gasteiger partial charge in [-0.25, -0.2) is 17.9 Å². The Morgan fingerprint density at radius 1 is 1.40 bits per heavy atom. The van der Waals surface area contributed by atoms with Crippen molar-refractivity contribution in [1.29, 1.82) is 0 Å². The fourth-order valence-corrected chi connectivity index (χ4v) is 3.75. The minimum atomic E-state index is -3.73. The Kier molecular flexibility index (Phi) is 4.42. The molecular weight excluding hydrogens is 280 g/mol. The highest BCUT2D eigenvalue weighted by atomic mass is 32.2. The van der Waals surface area contributed by atoms with Crippen molar-refractivity contribution in [3.8, 4) is 0 Å². The van der Waals surface area contributed by atoms with E-state index < -0.39 is 16.0 Å². The normalized spacial score (nSPS) is 20.0. The van der Waals surface area contributed by atoms with E-state index in [1.54, 1.807) is 12.1 Å². The van der Waals surface area contributed by atoms with Gasteiger partial charge in [-0.15, -0.1) is 0 Å². The fourth-order valence-electron chi connectivity index (χ4n) is 2.29. The maximum atomic E-state index is 12.4. The molecule has 0 aromatic heterocycles. The summed E-state index contributed by atoms with van der Waals surface area (Å²) in [6.07, 6.45) is 0.760. The van der Waals surface area contributed by atoms with Crippen molar-refractivity contribution in [3.63, 3.8) is 0 Å². The van der Waals surface area contributed by atoms with Crippen LogP contribution in [0.2, 0.25) is 0 Å². The molecule has 7 heteroatoms. The van der Waals surface area contributed by atoms with Crippen LogP contribution in [0.25, 0.3) is 0 Å². The van der Waals surface area contributed by atoms with Crippen LogP contribution in [0.1, 0.15) is 16.8 Å². The zero-order valence-corrected chi connectivity index (χ0v) is 12.3. The molecule has 1 saturated heterocycles. The second-order valence-corrected chi connectivity index (χ2v) is 6.54. The number of likely N-dealkylation sites (tertiary alicyclic amines) is 1. The van der Waals surface area contributed by atoms with Crippen LogP contribution in [-0.2, 0) is 14.8 Å². The number of nitrogens with zero attached hydrogens (tertiary/aromatic N) is 1. The molecule has 1 unspecified atom stereocenters. The molecule has 0 amide bonds. The van der Waals surface area contributed by atoms with Gasteiger partial charge in [-0.05, 0) is 32.1 Å². The van der Waals surface area contributed by atoms with Gasteiger partial charge in [0.05, 0.1) is 17.6 Å². The molecule has 1 aliphatic heterocycles. The van der Waals surface area contributed by atoms with Crippen molar-refractivity contribution in [3.05, 3.63) is 29.8 Å². The van der Waals surface area contributed by atoms with Crippen LogP contribution in [0.5, 0.6) is 0 Å². The molecule has 0 spiro atoms. The van der Waals surface area contributed by atoms with E-state index in [-0.39, 0.29) is 16.5 Å². The molecule has 0 radical (unpaired) electrons. The standard InChI is InChI=1S/C13H18N2O4S/c1-15-8-7-10(9-15)14-20(17,18)12-6-4-3-5-11(12)13(16)19-2/h3-6,10,14H,7-9H2,1-2H3. The highest BCUT2D eigenvalue weighted by Gasteiger charge is 2.28. The third-order valence-electron chi connectivity index (χ3n) is 3.30. The molecule has 1 N–H and O–H groups in total. The lowest BCUT2D eigenvalue weighted by atomic mass is 10.2. The Morgan fingerprint density at radius 2 is 2.10 bits per heavy atom. The predicted molar refractivity (Wildman–Crippen MR) is 74.0 cm³/mol. The quantitative estimate of drug-likeness (QED) is 0.817.